The van der Waals surface area contributed by atoms with Crippen molar-refractivity contribution in [2.24, 2.45) is 4.99 Å². The van der Waals surface area contributed by atoms with Crippen LogP contribution in [0.1, 0.15) is 30.1 Å². The number of aliphatic imine (C=N–C) groups is 1. The summed E-state index contributed by atoms with van der Waals surface area (Å²) in [6.07, 6.45) is 7.72. The van der Waals surface area contributed by atoms with Gasteiger partial charge in [-0.25, -0.2) is 13.8 Å². The van der Waals surface area contributed by atoms with Gasteiger partial charge in [-0.1, -0.05) is 6.58 Å². The molecule has 2 aromatic rings. The topological polar surface area (TPSA) is 50.5 Å². The predicted octanol–water partition coefficient (Wildman–Crippen LogP) is 3.98. The van der Waals surface area contributed by atoms with Crippen LogP contribution < -0.4 is 0 Å². The number of piperidine rings is 1. The summed E-state index contributed by atoms with van der Waals surface area (Å²) in [5, 5.41) is 0.784. The third kappa shape index (κ3) is 3.56. The molecule has 0 atom stereocenters. The standard InChI is InChI=1S/C19H20F2N4O/c1-3-16(13-22-4-2)25-8-5-14-11-15(12-23-17(14)25)18(26)24-9-6-19(20,21)7-10-24/h3-5,8,11-13H,1,6-7,9-10H2,2H3/b16-13+,22-4?. The third-order valence-corrected chi connectivity index (χ3v) is 4.40. The number of pyridine rings is 1. The van der Waals surface area contributed by atoms with Crippen LogP contribution in [0.3, 0.4) is 0 Å². The zero-order valence-corrected chi connectivity index (χ0v) is 14.5. The summed E-state index contributed by atoms with van der Waals surface area (Å²) in [4.78, 5) is 22.5. The first-order valence-corrected chi connectivity index (χ1v) is 8.40. The molecule has 0 unspecified atom stereocenters. The zero-order chi connectivity index (χ0) is 18.7. The zero-order valence-electron chi connectivity index (χ0n) is 14.5. The second-order valence-corrected chi connectivity index (χ2v) is 6.14. The normalized spacial score (nSPS) is 17.8. The molecule has 0 aliphatic carbocycles. The predicted molar refractivity (Wildman–Crippen MR) is 98.5 cm³/mol. The Kier molecular flexibility index (Phi) is 4.97. The van der Waals surface area contributed by atoms with Gasteiger partial charge in [0.1, 0.15) is 5.65 Å². The van der Waals surface area contributed by atoms with Gasteiger partial charge >= 0.3 is 0 Å². The first-order valence-electron chi connectivity index (χ1n) is 8.40. The van der Waals surface area contributed by atoms with E-state index in [2.05, 4.69) is 16.6 Å². The molecule has 1 aliphatic rings. The third-order valence-electron chi connectivity index (χ3n) is 4.40. The van der Waals surface area contributed by atoms with Crippen LogP contribution in [0.4, 0.5) is 8.78 Å². The highest BCUT2D eigenvalue weighted by Crippen LogP contribution is 2.28. The molecule has 5 nitrogen and oxygen atoms in total. The van der Waals surface area contributed by atoms with Gasteiger partial charge in [0.25, 0.3) is 11.8 Å². The maximum Gasteiger partial charge on any atom is 0.255 e. The highest BCUT2D eigenvalue weighted by molar-refractivity contribution is 5.97. The molecule has 0 saturated carbocycles. The Bertz CT molecular complexity index is 888. The van der Waals surface area contributed by atoms with Crippen molar-refractivity contribution in [1.82, 2.24) is 14.5 Å². The molecule has 1 saturated heterocycles. The fourth-order valence-electron chi connectivity index (χ4n) is 2.93. The number of nitrogens with zero attached hydrogens (tertiary/aromatic N) is 4. The summed E-state index contributed by atoms with van der Waals surface area (Å²) in [7, 11) is 0. The van der Waals surface area contributed by atoms with Gasteiger partial charge in [0.05, 0.1) is 17.5 Å². The molecule has 2 aromatic heterocycles. The molecule has 0 bridgehead atoms. The van der Waals surface area contributed by atoms with Crippen LogP contribution in [0.25, 0.3) is 16.7 Å². The number of fused-ring (bicyclic) bond motifs is 1. The fourth-order valence-corrected chi connectivity index (χ4v) is 2.93. The Morgan fingerprint density at radius 2 is 2.12 bits per heavy atom. The van der Waals surface area contributed by atoms with Gasteiger partial charge < -0.3 is 4.90 Å². The minimum Gasteiger partial charge on any atom is -0.338 e. The number of amides is 1. The average Bonchev–Trinajstić information content (AvgIpc) is 3.05. The molecule has 26 heavy (non-hydrogen) atoms. The van der Waals surface area contributed by atoms with Crippen LogP contribution in [0.15, 0.2) is 48.4 Å². The van der Waals surface area contributed by atoms with E-state index in [-0.39, 0.29) is 31.8 Å². The number of carbonyl (C=O) groups excluding carboxylic acids is 1. The number of alkyl halides is 2. The lowest BCUT2D eigenvalue weighted by Gasteiger charge is -2.31. The quantitative estimate of drug-likeness (QED) is 0.613. The second kappa shape index (κ2) is 7.19. The number of hydrogen-bond donors (Lipinski definition) is 0. The van der Waals surface area contributed by atoms with Crippen LogP contribution in [-0.2, 0) is 0 Å². The van der Waals surface area contributed by atoms with E-state index in [0.29, 0.717) is 11.2 Å². The summed E-state index contributed by atoms with van der Waals surface area (Å²) in [6.45, 7) is 5.72. The molecular formula is C19H20F2N4O. The van der Waals surface area contributed by atoms with E-state index in [9.17, 15) is 13.6 Å². The highest BCUT2D eigenvalue weighted by atomic mass is 19.3. The van der Waals surface area contributed by atoms with Gasteiger partial charge in [-0.2, -0.15) is 0 Å². The lowest BCUT2D eigenvalue weighted by atomic mass is 10.1. The summed E-state index contributed by atoms with van der Waals surface area (Å²) in [5.41, 5.74) is 1.82. The van der Waals surface area contributed by atoms with Gasteiger partial charge in [0, 0.05) is 49.9 Å². The number of allylic oxidation sites excluding steroid dienone is 2. The second-order valence-electron chi connectivity index (χ2n) is 6.14. The lowest BCUT2D eigenvalue weighted by molar-refractivity contribution is -0.0494. The molecule has 0 radical (unpaired) electrons. The molecule has 3 rings (SSSR count). The first kappa shape index (κ1) is 18.0. The fraction of sp³-hybridized carbons (Fsp3) is 0.316. The van der Waals surface area contributed by atoms with Crippen molar-refractivity contribution in [3.8, 4) is 0 Å². The number of hydrogen-bond acceptors (Lipinski definition) is 3. The minimum atomic E-state index is -2.68. The van der Waals surface area contributed by atoms with E-state index < -0.39 is 5.92 Å². The maximum absolute atomic E-state index is 13.3. The molecule has 136 valence electrons. The Hall–Kier alpha value is -2.83. The lowest BCUT2D eigenvalue weighted by Crippen LogP contribution is -2.42. The van der Waals surface area contributed by atoms with E-state index in [1.807, 2.05) is 23.8 Å². The SMILES string of the molecule is C=C/C(=C\N=CC)n1ccc2cc(C(=O)N3CCC(F)(F)CC3)cnc21. The molecule has 1 amide bonds. The molecule has 1 fully saturated rings. The summed E-state index contributed by atoms with van der Waals surface area (Å²) in [5.74, 6) is -2.94. The van der Waals surface area contributed by atoms with Gasteiger partial charge in [0.15, 0.2) is 0 Å². The molecule has 3 heterocycles. The van der Waals surface area contributed by atoms with Gasteiger partial charge in [-0.15, -0.1) is 0 Å². The van der Waals surface area contributed by atoms with Crippen molar-refractivity contribution < 1.29 is 13.6 Å². The Balaban J connectivity index is 1.87. The Labute approximate surface area is 150 Å². The van der Waals surface area contributed by atoms with Crippen molar-refractivity contribution in [3.05, 3.63) is 48.9 Å². The van der Waals surface area contributed by atoms with Crippen LogP contribution >= 0.6 is 0 Å². The summed E-state index contributed by atoms with van der Waals surface area (Å²) < 4.78 is 28.4. The van der Waals surface area contributed by atoms with Gasteiger partial charge in [-0.3, -0.25) is 14.4 Å². The summed E-state index contributed by atoms with van der Waals surface area (Å²) >= 11 is 0. The monoisotopic (exact) mass is 358 g/mol. The van der Waals surface area contributed by atoms with Crippen molar-refractivity contribution in [3.63, 3.8) is 0 Å². The molecule has 0 N–H and O–H groups in total. The first-order chi connectivity index (χ1) is 12.4. The number of halogens is 2. The Morgan fingerprint density at radius 1 is 1.38 bits per heavy atom. The van der Waals surface area contributed by atoms with Crippen LogP contribution in [-0.4, -0.2) is 45.6 Å². The Morgan fingerprint density at radius 3 is 2.77 bits per heavy atom. The van der Waals surface area contributed by atoms with Crippen molar-refractivity contribution in [1.29, 1.82) is 0 Å². The van der Waals surface area contributed by atoms with Crippen LogP contribution in [0, 0.1) is 0 Å². The van der Waals surface area contributed by atoms with E-state index in [1.54, 1.807) is 24.6 Å². The molecule has 0 spiro atoms. The average molecular weight is 358 g/mol. The number of aromatic nitrogens is 2. The van der Waals surface area contributed by atoms with Crippen LogP contribution in [0.2, 0.25) is 0 Å². The number of rotatable bonds is 4. The molecule has 0 aromatic carbocycles. The van der Waals surface area contributed by atoms with E-state index in [4.69, 9.17) is 0 Å². The minimum absolute atomic E-state index is 0.0588. The van der Waals surface area contributed by atoms with E-state index in [0.717, 1.165) is 11.1 Å². The number of carbonyl (C=O) groups is 1. The van der Waals surface area contributed by atoms with Crippen LogP contribution in [0.5, 0.6) is 0 Å². The van der Waals surface area contributed by atoms with Crippen molar-refractivity contribution in [2.45, 2.75) is 25.7 Å². The van der Waals surface area contributed by atoms with Gasteiger partial charge in [-0.05, 0) is 25.1 Å². The van der Waals surface area contributed by atoms with Crippen molar-refractivity contribution in [2.75, 3.05) is 13.1 Å². The van der Waals surface area contributed by atoms with Crippen molar-refractivity contribution >= 4 is 28.9 Å². The molecular weight excluding hydrogens is 338 g/mol. The molecule has 1 aliphatic heterocycles. The number of likely N-dealkylation sites (tertiary alicyclic amines) is 1. The molecule has 7 heteroatoms. The largest absolute Gasteiger partial charge is 0.338 e. The van der Waals surface area contributed by atoms with E-state index in [1.165, 1.54) is 11.1 Å². The smallest absolute Gasteiger partial charge is 0.255 e. The summed E-state index contributed by atoms with van der Waals surface area (Å²) in [6, 6.07) is 3.58. The van der Waals surface area contributed by atoms with E-state index >= 15 is 0 Å². The highest BCUT2D eigenvalue weighted by Gasteiger charge is 2.35. The maximum atomic E-state index is 13.3. The van der Waals surface area contributed by atoms with Gasteiger partial charge in [0.2, 0.25) is 0 Å².